The van der Waals surface area contributed by atoms with E-state index in [2.05, 4.69) is 20.1 Å². The zero-order valence-corrected chi connectivity index (χ0v) is 21.2. The topological polar surface area (TPSA) is 191 Å². The van der Waals surface area contributed by atoms with Crippen molar-refractivity contribution in [1.82, 2.24) is 24.7 Å². The molecular formula is C26H27N7O6. The van der Waals surface area contributed by atoms with Gasteiger partial charge in [-0.25, -0.2) is 14.8 Å². The van der Waals surface area contributed by atoms with Gasteiger partial charge in [-0.1, -0.05) is 24.3 Å². The number of nitrogens with zero attached hydrogens (tertiary/aromatic N) is 4. The van der Waals surface area contributed by atoms with Crippen LogP contribution in [0.4, 0.5) is 0 Å². The highest BCUT2D eigenvalue weighted by Crippen LogP contribution is 2.39. The van der Waals surface area contributed by atoms with Crippen LogP contribution in [0.15, 0.2) is 59.7 Å². The van der Waals surface area contributed by atoms with E-state index in [0.717, 1.165) is 28.3 Å². The number of hydrogen-bond donors (Lipinski definition) is 4. The number of hydrogen-bond acceptors (Lipinski definition) is 9. The fraction of sp³-hybridized carbons (Fsp3) is 0.231. The molecule has 5 rings (SSSR count). The second kappa shape index (κ2) is 12.0. The number of rotatable bonds is 7. The molecule has 0 saturated heterocycles. The second-order valence-corrected chi connectivity index (χ2v) is 8.48. The van der Waals surface area contributed by atoms with Crippen molar-refractivity contribution in [3.05, 3.63) is 93.4 Å². The number of carboxylic acid groups (broad SMARTS) is 1. The predicted octanol–water partition coefficient (Wildman–Crippen LogP) is 1.98. The molecule has 1 atom stereocenters. The van der Waals surface area contributed by atoms with Crippen LogP contribution in [0, 0.1) is 5.41 Å². The van der Waals surface area contributed by atoms with E-state index in [1.54, 1.807) is 37.7 Å². The van der Waals surface area contributed by atoms with E-state index in [4.69, 9.17) is 35.3 Å². The number of ether oxygens (including phenoxy) is 3. The molecule has 0 bridgehead atoms. The average Bonchev–Trinajstić information content (AvgIpc) is 3.32. The Morgan fingerprint density at radius 2 is 1.95 bits per heavy atom. The molecule has 0 spiro atoms. The van der Waals surface area contributed by atoms with E-state index in [-0.39, 0.29) is 24.5 Å². The molecule has 0 amide bonds. The van der Waals surface area contributed by atoms with Gasteiger partial charge in [-0.05, 0) is 35.7 Å². The maximum absolute atomic E-state index is 12.8. The number of nitrogen functional groups attached to an aromatic ring is 1. The number of nitrogens with two attached hydrogens (primary N) is 1. The third kappa shape index (κ3) is 6.45. The van der Waals surface area contributed by atoms with Gasteiger partial charge in [0.25, 0.3) is 11.9 Å². The number of aromatic amines is 1. The third-order valence-electron chi connectivity index (χ3n) is 5.73. The first-order chi connectivity index (χ1) is 18.8. The zero-order valence-electron chi connectivity index (χ0n) is 21.2. The predicted molar refractivity (Wildman–Crippen MR) is 139 cm³/mol. The molecule has 2 aromatic carbocycles. The molecule has 1 aliphatic heterocycles. The van der Waals surface area contributed by atoms with Gasteiger partial charge in [-0.3, -0.25) is 15.2 Å². The SMILES string of the molecule is CC(=O)O.COc1cc(C(Cc2ccc(C(=N)N)cc2)c2nn(-c3ncccn3)c(=O)[nH]2)cc2c1OCOC2. The van der Waals surface area contributed by atoms with Crippen molar-refractivity contribution in [2.45, 2.75) is 25.9 Å². The number of fused-ring (bicyclic) bond motifs is 1. The normalized spacial score (nSPS) is 12.8. The van der Waals surface area contributed by atoms with E-state index < -0.39 is 11.7 Å². The van der Waals surface area contributed by atoms with E-state index in [1.165, 1.54) is 0 Å². The molecule has 13 heteroatoms. The van der Waals surface area contributed by atoms with Crippen LogP contribution in [-0.2, 0) is 22.6 Å². The number of amidine groups is 1. The molecule has 0 saturated carbocycles. The zero-order chi connectivity index (χ0) is 27.9. The minimum Gasteiger partial charge on any atom is -0.493 e. The number of carbonyl (C=O) groups is 1. The van der Waals surface area contributed by atoms with Gasteiger partial charge in [-0.2, -0.15) is 0 Å². The van der Waals surface area contributed by atoms with Gasteiger partial charge in [-0.15, -0.1) is 9.78 Å². The Hall–Kier alpha value is -5.04. The summed E-state index contributed by atoms with van der Waals surface area (Å²) in [5.74, 6) is 0.650. The van der Waals surface area contributed by atoms with E-state index in [0.29, 0.717) is 35.9 Å². The van der Waals surface area contributed by atoms with E-state index in [1.807, 2.05) is 24.3 Å². The van der Waals surface area contributed by atoms with Crippen molar-refractivity contribution < 1.29 is 24.1 Å². The van der Waals surface area contributed by atoms with Gasteiger partial charge in [0, 0.05) is 36.4 Å². The Kier molecular flexibility index (Phi) is 8.31. The molecule has 2 aromatic heterocycles. The average molecular weight is 534 g/mol. The summed E-state index contributed by atoms with van der Waals surface area (Å²) in [6.07, 6.45) is 3.60. The molecular weight excluding hydrogens is 506 g/mol. The van der Waals surface area contributed by atoms with Crippen molar-refractivity contribution >= 4 is 11.8 Å². The molecule has 202 valence electrons. The molecule has 39 heavy (non-hydrogen) atoms. The minimum atomic E-state index is -0.833. The number of aromatic nitrogens is 5. The van der Waals surface area contributed by atoms with E-state index in [9.17, 15) is 4.79 Å². The Balaban J connectivity index is 0.000000826. The number of benzene rings is 2. The molecule has 0 fully saturated rings. The number of aliphatic carboxylic acids is 1. The minimum absolute atomic E-state index is 0.00143. The molecule has 0 radical (unpaired) electrons. The summed E-state index contributed by atoms with van der Waals surface area (Å²) < 4.78 is 17.9. The smallest absolute Gasteiger partial charge is 0.350 e. The van der Waals surface area contributed by atoms with Crippen molar-refractivity contribution in [1.29, 1.82) is 5.41 Å². The summed E-state index contributed by atoms with van der Waals surface area (Å²) in [5.41, 5.74) is 8.46. The summed E-state index contributed by atoms with van der Waals surface area (Å²) in [6.45, 7) is 1.62. The first kappa shape index (κ1) is 27.0. The monoisotopic (exact) mass is 533 g/mol. The lowest BCUT2D eigenvalue weighted by atomic mass is 9.89. The van der Waals surface area contributed by atoms with Gasteiger partial charge in [0.1, 0.15) is 11.7 Å². The third-order valence-corrected chi connectivity index (χ3v) is 5.73. The molecule has 3 heterocycles. The molecule has 1 unspecified atom stereocenters. The molecule has 4 aromatic rings. The van der Waals surface area contributed by atoms with Crippen LogP contribution in [0.2, 0.25) is 0 Å². The van der Waals surface area contributed by atoms with Gasteiger partial charge in [0.15, 0.2) is 18.3 Å². The van der Waals surface area contributed by atoms with E-state index >= 15 is 0 Å². The number of methoxy groups -OCH3 is 1. The maximum atomic E-state index is 12.8. The Labute approximate surface area is 222 Å². The quantitative estimate of drug-likeness (QED) is 0.202. The molecule has 13 nitrogen and oxygen atoms in total. The largest absolute Gasteiger partial charge is 0.493 e. The van der Waals surface area contributed by atoms with Crippen LogP contribution in [0.1, 0.15) is 40.9 Å². The fourth-order valence-electron chi connectivity index (χ4n) is 4.02. The summed E-state index contributed by atoms with van der Waals surface area (Å²) in [6, 6.07) is 12.9. The van der Waals surface area contributed by atoms with Gasteiger partial charge < -0.3 is 25.1 Å². The lowest BCUT2D eigenvalue weighted by molar-refractivity contribution is -0.134. The van der Waals surface area contributed by atoms with Gasteiger partial charge in [0.05, 0.1) is 13.7 Å². The number of nitrogens with one attached hydrogen (secondary N) is 2. The highest BCUT2D eigenvalue weighted by molar-refractivity contribution is 5.94. The second-order valence-electron chi connectivity index (χ2n) is 8.48. The first-order valence-electron chi connectivity index (χ1n) is 11.8. The van der Waals surface area contributed by atoms with Crippen LogP contribution in [0.5, 0.6) is 11.5 Å². The highest BCUT2D eigenvalue weighted by atomic mass is 16.7. The van der Waals surface area contributed by atoms with Gasteiger partial charge >= 0.3 is 5.69 Å². The first-order valence-corrected chi connectivity index (χ1v) is 11.8. The van der Waals surface area contributed by atoms with Crippen molar-refractivity contribution in [2.24, 2.45) is 5.73 Å². The number of H-pyrrole nitrogens is 1. The Morgan fingerprint density at radius 1 is 1.26 bits per heavy atom. The summed E-state index contributed by atoms with van der Waals surface area (Å²) in [4.78, 5) is 32.9. The van der Waals surface area contributed by atoms with Crippen molar-refractivity contribution in [3.8, 4) is 17.4 Å². The summed E-state index contributed by atoms with van der Waals surface area (Å²) in [7, 11) is 1.58. The summed E-state index contributed by atoms with van der Waals surface area (Å²) >= 11 is 0. The molecule has 5 N–H and O–H groups in total. The lowest BCUT2D eigenvalue weighted by Crippen LogP contribution is -2.18. The van der Waals surface area contributed by atoms with Crippen molar-refractivity contribution in [2.75, 3.05) is 13.9 Å². The Bertz CT molecular complexity index is 1500. The molecule has 1 aliphatic rings. The fourth-order valence-corrected chi connectivity index (χ4v) is 4.02. The molecule has 0 aliphatic carbocycles. The Morgan fingerprint density at radius 3 is 2.59 bits per heavy atom. The van der Waals surface area contributed by atoms with Crippen LogP contribution in [-0.4, -0.2) is 55.5 Å². The van der Waals surface area contributed by atoms with Crippen LogP contribution in [0.25, 0.3) is 5.95 Å². The lowest BCUT2D eigenvalue weighted by Gasteiger charge is -2.23. The van der Waals surface area contributed by atoms with Crippen molar-refractivity contribution in [3.63, 3.8) is 0 Å². The van der Waals surface area contributed by atoms with Crippen LogP contribution >= 0.6 is 0 Å². The van der Waals surface area contributed by atoms with Crippen LogP contribution in [0.3, 0.4) is 0 Å². The number of carboxylic acids is 1. The van der Waals surface area contributed by atoms with Gasteiger partial charge in [0.2, 0.25) is 0 Å². The standard InChI is InChI=1S/C24H23N7O4.C2H4O2/c1-33-19-11-16(10-17-12-34-13-35-20(17)19)18(9-14-3-5-15(6-4-14)21(25)26)22-29-24(32)31(30-22)23-27-7-2-8-28-23;1-2(3)4/h2-8,10-11,18H,9,12-13H2,1H3,(H3,25,26)(H,29,30,32);1H3,(H,3,4). The van der Waals surface area contributed by atoms with Crippen LogP contribution < -0.4 is 20.9 Å². The highest BCUT2D eigenvalue weighted by Gasteiger charge is 2.26. The summed E-state index contributed by atoms with van der Waals surface area (Å²) in [5, 5.41) is 19.6. The maximum Gasteiger partial charge on any atom is 0.350 e.